The molecule has 0 unspecified atom stereocenters. The van der Waals surface area contributed by atoms with E-state index in [2.05, 4.69) is 4.79 Å². The largest absolute Gasteiger partial charge is 0.361 e. The molecular weight excluding hydrogens is 130 g/mol. The molecule has 4 heteroatoms. The van der Waals surface area contributed by atoms with Crippen LogP contribution in [0.25, 0.3) is 5.53 Å². The number of hydrogen-bond acceptors (Lipinski definition) is 1. The number of nitrogens with zero attached hydrogens (tertiary/aromatic N) is 3. The minimum absolute atomic E-state index is 0.194. The number of rotatable bonds is 1. The SMILES string of the molecule is [N-]=[N+]=CC(=O)N1CCCC1. The van der Waals surface area contributed by atoms with Gasteiger partial charge in [0.1, 0.15) is 0 Å². The Morgan fingerprint density at radius 1 is 1.50 bits per heavy atom. The number of likely N-dealkylation sites (tertiary alicyclic amines) is 1. The zero-order chi connectivity index (χ0) is 7.40. The van der Waals surface area contributed by atoms with E-state index in [1.165, 1.54) is 0 Å². The van der Waals surface area contributed by atoms with E-state index < -0.39 is 0 Å². The van der Waals surface area contributed by atoms with Crippen molar-refractivity contribution >= 4 is 12.1 Å². The molecule has 1 rings (SSSR count). The third kappa shape index (κ3) is 1.42. The van der Waals surface area contributed by atoms with Crippen molar-refractivity contribution in [3.05, 3.63) is 5.53 Å². The molecule has 0 aromatic carbocycles. The summed E-state index contributed by atoms with van der Waals surface area (Å²) in [4.78, 5) is 15.2. The maximum Gasteiger partial charge on any atom is 0.344 e. The van der Waals surface area contributed by atoms with Crippen LogP contribution in [0.3, 0.4) is 0 Å². The Labute approximate surface area is 59.1 Å². The van der Waals surface area contributed by atoms with Gasteiger partial charge in [-0.15, -0.1) is 0 Å². The van der Waals surface area contributed by atoms with E-state index in [1.54, 1.807) is 4.90 Å². The van der Waals surface area contributed by atoms with Crippen LogP contribution in [-0.2, 0) is 4.79 Å². The van der Waals surface area contributed by atoms with Gasteiger partial charge in [-0.3, -0.25) is 4.79 Å². The molecule has 1 aliphatic rings. The van der Waals surface area contributed by atoms with Gasteiger partial charge in [0.25, 0.3) is 0 Å². The summed E-state index contributed by atoms with van der Waals surface area (Å²) in [7, 11) is 0. The van der Waals surface area contributed by atoms with Crippen molar-refractivity contribution < 1.29 is 9.58 Å². The molecule has 0 saturated carbocycles. The zero-order valence-electron chi connectivity index (χ0n) is 5.66. The lowest BCUT2D eigenvalue weighted by Gasteiger charge is -2.07. The normalized spacial score (nSPS) is 16.6. The van der Waals surface area contributed by atoms with Gasteiger partial charge >= 0.3 is 12.1 Å². The molecular formula is C6H9N3O. The Morgan fingerprint density at radius 2 is 2.10 bits per heavy atom. The molecule has 0 aromatic rings. The highest BCUT2D eigenvalue weighted by Gasteiger charge is 2.18. The smallest absolute Gasteiger partial charge is 0.344 e. The van der Waals surface area contributed by atoms with Gasteiger partial charge in [-0.25, -0.2) is 0 Å². The molecule has 1 saturated heterocycles. The van der Waals surface area contributed by atoms with Gasteiger partial charge < -0.3 is 10.4 Å². The Kier molecular flexibility index (Phi) is 2.18. The average Bonchev–Trinajstić information content (AvgIpc) is 2.38. The van der Waals surface area contributed by atoms with Crippen LogP contribution in [0.5, 0.6) is 0 Å². The maximum absolute atomic E-state index is 10.9. The van der Waals surface area contributed by atoms with Gasteiger partial charge in [-0.2, -0.15) is 4.79 Å². The van der Waals surface area contributed by atoms with Crippen molar-refractivity contribution in [2.24, 2.45) is 0 Å². The van der Waals surface area contributed by atoms with Crippen LogP contribution < -0.4 is 0 Å². The predicted molar refractivity (Wildman–Crippen MR) is 35.5 cm³/mol. The van der Waals surface area contributed by atoms with Crippen LogP contribution in [0.1, 0.15) is 12.8 Å². The second kappa shape index (κ2) is 3.13. The van der Waals surface area contributed by atoms with Crippen molar-refractivity contribution in [2.45, 2.75) is 12.8 Å². The van der Waals surface area contributed by atoms with E-state index in [-0.39, 0.29) is 5.91 Å². The standard InChI is InChI=1S/C6H9N3O/c7-8-5-6(10)9-3-1-2-4-9/h5H,1-4H2. The van der Waals surface area contributed by atoms with Gasteiger partial charge in [0.2, 0.25) is 0 Å². The van der Waals surface area contributed by atoms with Crippen LogP contribution in [0.15, 0.2) is 0 Å². The molecule has 0 radical (unpaired) electrons. The number of carbonyl (C=O) groups excluding carboxylic acids is 1. The molecule has 0 bridgehead atoms. The van der Waals surface area contributed by atoms with Gasteiger partial charge in [-0.1, -0.05) is 0 Å². The molecule has 1 fully saturated rings. The summed E-state index contributed by atoms with van der Waals surface area (Å²) in [6.07, 6.45) is 3.06. The van der Waals surface area contributed by atoms with Crippen molar-refractivity contribution in [1.29, 1.82) is 0 Å². The molecule has 0 N–H and O–H groups in total. The Morgan fingerprint density at radius 3 is 2.60 bits per heavy atom. The third-order valence-corrected chi connectivity index (χ3v) is 1.59. The van der Waals surface area contributed by atoms with Crippen LogP contribution in [0.4, 0.5) is 0 Å². The van der Waals surface area contributed by atoms with Gasteiger partial charge in [-0.05, 0) is 12.8 Å². The topological polar surface area (TPSA) is 56.7 Å². The molecule has 1 amide bonds. The highest BCUT2D eigenvalue weighted by Crippen LogP contribution is 2.05. The number of amides is 1. The first-order chi connectivity index (χ1) is 4.84. The van der Waals surface area contributed by atoms with Crippen molar-refractivity contribution in [3.8, 4) is 0 Å². The average molecular weight is 139 g/mol. The summed E-state index contributed by atoms with van der Waals surface area (Å²) < 4.78 is 0. The first-order valence-corrected chi connectivity index (χ1v) is 3.31. The fourth-order valence-corrected chi connectivity index (χ4v) is 1.07. The number of hydrogen-bond donors (Lipinski definition) is 0. The first kappa shape index (κ1) is 6.96. The Hall–Kier alpha value is -1.15. The lowest BCUT2D eigenvalue weighted by atomic mass is 10.4. The summed E-state index contributed by atoms with van der Waals surface area (Å²) in [6, 6.07) is 0. The lowest BCUT2D eigenvalue weighted by molar-refractivity contribution is -0.126. The third-order valence-electron chi connectivity index (χ3n) is 1.59. The highest BCUT2D eigenvalue weighted by atomic mass is 16.2. The first-order valence-electron chi connectivity index (χ1n) is 3.31. The predicted octanol–water partition coefficient (Wildman–Crippen LogP) is -0.0906. The van der Waals surface area contributed by atoms with E-state index in [0.717, 1.165) is 32.1 Å². The summed E-state index contributed by atoms with van der Waals surface area (Å²) >= 11 is 0. The van der Waals surface area contributed by atoms with E-state index in [0.29, 0.717) is 0 Å². The molecule has 4 nitrogen and oxygen atoms in total. The Bertz CT molecular complexity index is 177. The van der Waals surface area contributed by atoms with Crippen LogP contribution in [0.2, 0.25) is 0 Å². The summed E-state index contributed by atoms with van der Waals surface area (Å²) in [5.41, 5.74) is 8.02. The van der Waals surface area contributed by atoms with Crippen molar-refractivity contribution in [2.75, 3.05) is 13.1 Å². The minimum Gasteiger partial charge on any atom is -0.361 e. The minimum atomic E-state index is -0.194. The van der Waals surface area contributed by atoms with Crippen LogP contribution in [0, 0.1) is 0 Å². The molecule has 0 aliphatic carbocycles. The Balaban J connectivity index is 2.47. The fraction of sp³-hybridized carbons (Fsp3) is 0.667. The van der Waals surface area contributed by atoms with Gasteiger partial charge in [0.15, 0.2) is 0 Å². The molecule has 54 valence electrons. The maximum atomic E-state index is 10.9. The number of carbonyl (C=O) groups is 1. The zero-order valence-corrected chi connectivity index (χ0v) is 5.66. The van der Waals surface area contributed by atoms with E-state index in [1.807, 2.05) is 0 Å². The highest BCUT2D eigenvalue weighted by molar-refractivity contribution is 6.23. The summed E-state index contributed by atoms with van der Waals surface area (Å²) in [6.45, 7) is 1.59. The monoisotopic (exact) mass is 139 g/mol. The van der Waals surface area contributed by atoms with Crippen LogP contribution >= 0.6 is 0 Å². The lowest BCUT2D eigenvalue weighted by Crippen LogP contribution is -2.28. The van der Waals surface area contributed by atoms with Crippen molar-refractivity contribution in [3.63, 3.8) is 0 Å². The molecule has 1 aliphatic heterocycles. The molecule has 0 spiro atoms. The quantitative estimate of drug-likeness (QED) is 0.284. The van der Waals surface area contributed by atoms with Crippen LogP contribution in [-0.4, -0.2) is 34.9 Å². The van der Waals surface area contributed by atoms with Crippen molar-refractivity contribution in [1.82, 2.24) is 4.90 Å². The van der Waals surface area contributed by atoms with Gasteiger partial charge in [0.05, 0.1) is 0 Å². The molecule has 0 aromatic heterocycles. The molecule has 0 atom stereocenters. The molecule has 1 heterocycles. The fourth-order valence-electron chi connectivity index (χ4n) is 1.07. The van der Waals surface area contributed by atoms with Gasteiger partial charge in [0, 0.05) is 13.1 Å². The van der Waals surface area contributed by atoms with E-state index >= 15 is 0 Å². The van der Waals surface area contributed by atoms with E-state index in [4.69, 9.17) is 5.53 Å². The summed E-state index contributed by atoms with van der Waals surface area (Å²) in [5.74, 6) is -0.194. The van der Waals surface area contributed by atoms with E-state index in [9.17, 15) is 4.79 Å². The second-order valence-corrected chi connectivity index (χ2v) is 2.28. The second-order valence-electron chi connectivity index (χ2n) is 2.28. The molecule has 10 heavy (non-hydrogen) atoms. The summed E-state index contributed by atoms with van der Waals surface area (Å²) in [5, 5.41) is 0.